The SMILES string of the molecule is CCOC(=O)C(C(=O)OCC)C(C)(O)C1(C)CC1. The molecule has 1 unspecified atom stereocenters. The van der Waals surface area contributed by atoms with Crippen molar-refractivity contribution in [3.63, 3.8) is 0 Å². The minimum Gasteiger partial charge on any atom is -0.465 e. The molecular formula is C13H22O5. The Morgan fingerprint density at radius 1 is 1.22 bits per heavy atom. The fourth-order valence-corrected chi connectivity index (χ4v) is 2.05. The number of esters is 2. The topological polar surface area (TPSA) is 72.8 Å². The highest BCUT2D eigenvalue weighted by Crippen LogP contribution is 2.56. The Labute approximate surface area is 107 Å². The third-order valence-corrected chi connectivity index (χ3v) is 3.83. The lowest BCUT2D eigenvalue weighted by molar-refractivity contribution is -0.179. The van der Waals surface area contributed by atoms with Crippen LogP contribution in [-0.4, -0.2) is 35.9 Å². The van der Waals surface area contributed by atoms with Crippen LogP contribution in [0.3, 0.4) is 0 Å². The highest BCUT2D eigenvalue weighted by atomic mass is 16.6. The average Bonchev–Trinajstić information content (AvgIpc) is 2.98. The molecule has 0 saturated heterocycles. The quantitative estimate of drug-likeness (QED) is 0.574. The van der Waals surface area contributed by atoms with Gasteiger partial charge in [-0.25, -0.2) is 0 Å². The molecule has 1 N–H and O–H groups in total. The molecule has 1 fully saturated rings. The van der Waals surface area contributed by atoms with E-state index >= 15 is 0 Å². The fourth-order valence-electron chi connectivity index (χ4n) is 2.05. The standard InChI is InChI=1S/C13H22O5/c1-5-17-10(14)9(11(15)18-6-2)13(4,16)12(3)7-8-12/h9,16H,5-8H2,1-4H3. The van der Waals surface area contributed by atoms with Crippen LogP contribution in [-0.2, 0) is 19.1 Å². The van der Waals surface area contributed by atoms with E-state index in [4.69, 9.17) is 9.47 Å². The number of carbonyl (C=O) groups excluding carboxylic acids is 2. The second-order valence-corrected chi connectivity index (χ2v) is 5.15. The maximum absolute atomic E-state index is 11.9. The average molecular weight is 258 g/mol. The van der Waals surface area contributed by atoms with Crippen molar-refractivity contribution >= 4 is 11.9 Å². The number of rotatable bonds is 6. The number of aliphatic hydroxyl groups is 1. The molecule has 18 heavy (non-hydrogen) atoms. The lowest BCUT2D eigenvalue weighted by Crippen LogP contribution is -2.51. The van der Waals surface area contributed by atoms with Gasteiger partial charge in [-0.05, 0) is 39.0 Å². The first-order chi connectivity index (χ1) is 8.30. The van der Waals surface area contributed by atoms with Gasteiger partial charge < -0.3 is 14.6 Å². The van der Waals surface area contributed by atoms with Gasteiger partial charge in [0, 0.05) is 0 Å². The molecule has 0 radical (unpaired) electrons. The van der Waals surface area contributed by atoms with E-state index < -0.39 is 28.9 Å². The van der Waals surface area contributed by atoms with E-state index in [1.807, 2.05) is 6.92 Å². The first-order valence-electron chi connectivity index (χ1n) is 6.35. The van der Waals surface area contributed by atoms with E-state index in [0.29, 0.717) is 0 Å². The molecule has 1 saturated carbocycles. The molecule has 1 aliphatic carbocycles. The van der Waals surface area contributed by atoms with Gasteiger partial charge in [0.2, 0.25) is 0 Å². The van der Waals surface area contributed by atoms with Gasteiger partial charge in [0.05, 0.1) is 18.8 Å². The molecule has 5 nitrogen and oxygen atoms in total. The van der Waals surface area contributed by atoms with Crippen LogP contribution >= 0.6 is 0 Å². The van der Waals surface area contributed by atoms with Crippen molar-refractivity contribution in [2.75, 3.05) is 13.2 Å². The Kier molecular flexibility index (Phi) is 4.37. The smallest absolute Gasteiger partial charge is 0.323 e. The first-order valence-corrected chi connectivity index (χ1v) is 6.35. The lowest BCUT2D eigenvalue weighted by Gasteiger charge is -2.35. The molecule has 0 heterocycles. The monoisotopic (exact) mass is 258 g/mol. The van der Waals surface area contributed by atoms with Gasteiger partial charge in [-0.3, -0.25) is 9.59 Å². The molecule has 0 bridgehead atoms. The van der Waals surface area contributed by atoms with Crippen LogP contribution in [0.1, 0.15) is 40.5 Å². The van der Waals surface area contributed by atoms with E-state index in [9.17, 15) is 14.7 Å². The molecule has 1 aliphatic rings. The number of carbonyl (C=O) groups is 2. The molecule has 0 aliphatic heterocycles. The van der Waals surface area contributed by atoms with Crippen molar-refractivity contribution in [3.05, 3.63) is 0 Å². The van der Waals surface area contributed by atoms with Crippen LogP contribution in [0, 0.1) is 11.3 Å². The summed E-state index contributed by atoms with van der Waals surface area (Å²) >= 11 is 0. The van der Waals surface area contributed by atoms with Crippen LogP contribution in [0.5, 0.6) is 0 Å². The van der Waals surface area contributed by atoms with Gasteiger partial charge in [0.25, 0.3) is 0 Å². The van der Waals surface area contributed by atoms with Gasteiger partial charge in [-0.1, -0.05) is 6.92 Å². The Morgan fingerprint density at radius 2 is 1.61 bits per heavy atom. The van der Waals surface area contributed by atoms with E-state index in [2.05, 4.69) is 0 Å². The first kappa shape index (κ1) is 15.0. The summed E-state index contributed by atoms with van der Waals surface area (Å²) in [5, 5.41) is 10.6. The zero-order valence-corrected chi connectivity index (χ0v) is 11.5. The van der Waals surface area contributed by atoms with Crippen molar-refractivity contribution in [2.24, 2.45) is 11.3 Å². The predicted molar refractivity (Wildman–Crippen MR) is 64.7 cm³/mol. The normalized spacial score (nSPS) is 20.1. The zero-order valence-electron chi connectivity index (χ0n) is 11.5. The van der Waals surface area contributed by atoms with Crippen molar-refractivity contribution in [2.45, 2.75) is 46.1 Å². The summed E-state index contributed by atoms with van der Waals surface area (Å²) in [5.41, 5.74) is -1.86. The van der Waals surface area contributed by atoms with Gasteiger partial charge in [0.15, 0.2) is 5.92 Å². The van der Waals surface area contributed by atoms with E-state index in [1.54, 1.807) is 13.8 Å². The van der Waals surface area contributed by atoms with Crippen LogP contribution < -0.4 is 0 Å². The van der Waals surface area contributed by atoms with Gasteiger partial charge in [0.1, 0.15) is 0 Å². The molecule has 0 aromatic carbocycles. The van der Waals surface area contributed by atoms with Crippen LogP contribution in [0.2, 0.25) is 0 Å². The van der Waals surface area contributed by atoms with E-state index in [-0.39, 0.29) is 13.2 Å². The largest absolute Gasteiger partial charge is 0.465 e. The van der Waals surface area contributed by atoms with Crippen LogP contribution in [0.15, 0.2) is 0 Å². The van der Waals surface area contributed by atoms with Crippen LogP contribution in [0.25, 0.3) is 0 Å². The molecular weight excluding hydrogens is 236 g/mol. The number of hydrogen-bond donors (Lipinski definition) is 1. The van der Waals surface area contributed by atoms with Crippen molar-refractivity contribution in [3.8, 4) is 0 Å². The zero-order chi connectivity index (χ0) is 14.0. The minimum atomic E-state index is -1.44. The Hall–Kier alpha value is -1.10. The second kappa shape index (κ2) is 5.26. The Balaban J connectivity index is 2.96. The molecule has 1 atom stereocenters. The molecule has 0 aromatic heterocycles. The van der Waals surface area contributed by atoms with Gasteiger partial charge in [-0.15, -0.1) is 0 Å². The molecule has 0 spiro atoms. The molecule has 104 valence electrons. The minimum absolute atomic E-state index is 0.168. The summed E-state index contributed by atoms with van der Waals surface area (Å²) in [4.78, 5) is 23.8. The summed E-state index contributed by atoms with van der Waals surface area (Å²) < 4.78 is 9.76. The number of ether oxygens (including phenoxy) is 2. The van der Waals surface area contributed by atoms with Crippen molar-refractivity contribution < 1.29 is 24.2 Å². The summed E-state index contributed by atoms with van der Waals surface area (Å²) in [5.74, 6) is -2.70. The van der Waals surface area contributed by atoms with E-state index in [0.717, 1.165) is 12.8 Å². The number of hydrogen-bond acceptors (Lipinski definition) is 5. The van der Waals surface area contributed by atoms with Gasteiger partial charge in [-0.2, -0.15) is 0 Å². The summed E-state index contributed by atoms with van der Waals surface area (Å²) in [6.45, 7) is 7.03. The predicted octanol–water partition coefficient (Wildman–Crippen LogP) is 1.28. The second-order valence-electron chi connectivity index (χ2n) is 5.15. The summed E-state index contributed by atoms with van der Waals surface area (Å²) in [7, 11) is 0. The highest BCUT2D eigenvalue weighted by molar-refractivity contribution is 5.96. The maximum Gasteiger partial charge on any atom is 0.323 e. The third kappa shape index (κ3) is 2.66. The molecule has 5 heteroatoms. The maximum atomic E-state index is 11.9. The van der Waals surface area contributed by atoms with Gasteiger partial charge >= 0.3 is 11.9 Å². The molecule has 0 aromatic rings. The Morgan fingerprint density at radius 3 is 1.89 bits per heavy atom. The fraction of sp³-hybridized carbons (Fsp3) is 0.846. The van der Waals surface area contributed by atoms with Crippen molar-refractivity contribution in [1.29, 1.82) is 0 Å². The van der Waals surface area contributed by atoms with Crippen molar-refractivity contribution in [1.82, 2.24) is 0 Å². The molecule has 1 rings (SSSR count). The summed E-state index contributed by atoms with van der Waals surface area (Å²) in [6.07, 6.45) is 1.57. The lowest BCUT2D eigenvalue weighted by atomic mass is 9.76. The van der Waals surface area contributed by atoms with E-state index in [1.165, 1.54) is 6.92 Å². The highest BCUT2D eigenvalue weighted by Gasteiger charge is 2.61. The third-order valence-electron chi connectivity index (χ3n) is 3.83. The Bertz CT molecular complexity index is 312. The molecule has 0 amide bonds. The summed E-state index contributed by atoms with van der Waals surface area (Å²) in [6, 6.07) is 0. The van der Waals surface area contributed by atoms with Crippen LogP contribution in [0.4, 0.5) is 0 Å².